The molecule has 6 nitrogen and oxygen atoms in total. The summed E-state index contributed by atoms with van der Waals surface area (Å²) in [4.78, 5) is 8.36. The van der Waals surface area contributed by atoms with Crippen molar-refractivity contribution in [2.75, 3.05) is 39.1 Å². The van der Waals surface area contributed by atoms with E-state index in [2.05, 4.69) is 15.3 Å². The van der Waals surface area contributed by atoms with Crippen molar-refractivity contribution < 1.29 is 14.2 Å². The van der Waals surface area contributed by atoms with Crippen LogP contribution in [0.15, 0.2) is 6.07 Å². The molecule has 0 amide bonds. The van der Waals surface area contributed by atoms with Crippen LogP contribution in [0.5, 0.6) is 11.8 Å². The fourth-order valence-electron chi connectivity index (χ4n) is 1.39. The van der Waals surface area contributed by atoms with Crippen molar-refractivity contribution in [3.8, 4) is 11.8 Å². The highest BCUT2D eigenvalue weighted by Crippen LogP contribution is 2.18. The van der Waals surface area contributed by atoms with Crippen LogP contribution in [0.2, 0.25) is 0 Å². The molecular weight excluding hydrogens is 258 g/mol. The summed E-state index contributed by atoms with van der Waals surface area (Å²) >= 11 is 5.73. The summed E-state index contributed by atoms with van der Waals surface area (Å²) in [6.45, 7) is 0.523. The van der Waals surface area contributed by atoms with Crippen LogP contribution in [0.4, 0.5) is 5.95 Å². The van der Waals surface area contributed by atoms with E-state index in [0.717, 1.165) is 6.42 Å². The second-order valence-corrected chi connectivity index (χ2v) is 3.93. The first-order chi connectivity index (χ1) is 8.73. The lowest BCUT2D eigenvalue weighted by Gasteiger charge is -2.17. The third kappa shape index (κ3) is 4.54. The van der Waals surface area contributed by atoms with Crippen molar-refractivity contribution >= 4 is 17.5 Å². The molecule has 1 atom stereocenters. The minimum absolute atomic E-state index is 0.0457. The fourth-order valence-corrected chi connectivity index (χ4v) is 1.65. The van der Waals surface area contributed by atoms with Gasteiger partial charge in [0.05, 0.1) is 32.9 Å². The van der Waals surface area contributed by atoms with Crippen LogP contribution in [-0.2, 0) is 4.74 Å². The van der Waals surface area contributed by atoms with Crippen LogP contribution in [0.1, 0.15) is 6.42 Å². The van der Waals surface area contributed by atoms with Gasteiger partial charge in [0, 0.05) is 13.0 Å². The van der Waals surface area contributed by atoms with Gasteiger partial charge in [-0.15, -0.1) is 11.6 Å². The van der Waals surface area contributed by atoms with Gasteiger partial charge in [0.25, 0.3) is 0 Å². The molecule has 0 aliphatic carbocycles. The van der Waals surface area contributed by atoms with Crippen LogP contribution in [0, 0.1) is 0 Å². The minimum atomic E-state index is 0.0457. The summed E-state index contributed by atoms with van der Waals surface area (Å²) in [5, 5.41) is 3.14. The van der Waals surface area contributed by atoms with E-state index in [0.29, 0.717) is 30.2 Å². The predicted molar refractivity (Wildman–Crippen MR) is 69.8 cm³/mol. The maximum absolute atomic E-state index is 5.73. The number of alkyl halides is 1. The Balaban J connectivity index is 2.80. The Labute approximate surface area is 112 Å². The zero-order valence-electron chi connectivity index (χ0n) is 10.8. The Kier molecular flexibility index (Phi) is 6.53. The van der Waals surface area contributed by atoms with E-state index in [-0.39, 0.29) is 6.04 Å². The quantitative estimate of drug-likeness (QED) is 0.726. The fraction of sp³-hybridized carbons (Fsp3) is 0.636. The molecule has 1 aromatic rings. The van der Waals surface area contributed by atoms with E-state index in [1.807, 2.05) is 0 Å². The summed E-state index contributed by atoms with van der Waals surface area (Å²) in [5.74, 6) is 1.83. The second-order valence-electron chi connectivity index (χ2n) is 3.55. The number of nitrogens with zero attached hydrogens (tertiary/aromatic N) is 2. The molecule has 0 saturated carbocycles. The van der Waals surface area contributed by atoms with E-state index in [9.17, 15) is 0 Å². The van der Waals surface area contributed by atoms with Crippen molar-refractivity contribution in [3.05, 3.63) is 6.07 Å². The largest absolute Gasteiger partial charge is 0.481 e. The van der Waals surface area contributed by atoms with E-state index in [4.69, 9.17) is 25.8 Å². The number of aromatic nitrogens is 2. The monoisotopic (exact) mass is 275 g/mol. The maximum atomic E-state index is 5.73. The number of ether oxygens (including phenoxy) is 3. The number of methoxy groups -OCH3 is 3. The van der Waals surface area contributed by atoms with Crippen molar-refractivity contribution in [2.24, 2.45) is 0 Å². The lowest BCUT2D eigenvalue weighted by atomic mass is 10.2. The Morgan fingerprint density at radius 1 is 1.22 bits per heavy atom. The highest BCUT2D eigenvalue weighted by Gasteiger charge is 2.11. The summed E-state index contributed by atoms with van der Waals surface area (Å²) in [6, 6.07) is 1.65. The molecule has 0 radical (unpaired) electrons. The SMILES string of the molecule is COCC(CCCl)Nc1nc(OC)cc(OC)n1. The third-order valence-electron chi connectivity index (χ3n) is 2.26. The number of nitrogens with one attached hydrogen (secondary N) is 1. The molecule has 0 fully saturated rings. The van der Waals surface area contributed by atoms with Crippen LogP contribution in [0.3, 0.4) is 0 Å². The molecule has 0 aliphatic rings. The zero-order chi connectivity index (χ0) is 13.4. The average Bonchev–Trinajstić information content (AvgIpc) is 2.38. The molecule has 102 valence electrons. The molecule has 18 heavy (non-hydrogen) atoms. The molecular formula is C11H18ClN3O3. The molecule has 0 saturated heterocycles. The highest BCUT2D eigenvalue weighted by molar-refractivity contribution is 6.17. The average molecular weight is 276 g/mol. The number of rotatable bonds is 8. The molecule has 1 heterocycles. The summed E-state index contributed by atoms with van der Waals surface area (Å²) in [7, 11) is 4.71. The lowest BCUT2D eigenvalue weighted by molar-refractivity contribution is 0.184. The van der Waals surface area contributed by atoms with Gasteiger partial charge in [0.1, 0.15) is 0 Å². The smallest absolute Gasteiger partial charge is 0.229 e. The Morgan fingerprint density at radius 3 is 2.28 bits per heavy atom. The number of anilines is 1. The van der Waals surface area contributed by atoms with Gasteiger partial charge < -0.3 is 19.5 Å². The molecule has 1 aromatic heterocycles. The molecule has 1 unspecified atom stereocenters. The van der Waals surface area contributed by atoms with Crippen molar-refractivity contribution in [1.82, 2.24) is 9.97 Å². The van der Waals surface area contributed by atoms with Crippen molar-refractivity contribution in [2.45, 2.75) is 12.5 Å². The molecule has 1 N–H and O–H groups in total. The Hall–Kier alpha value is -1.27. The van der Waals surface area contributed by atoms with E-state index < -0.39 is 0 Å². The van der Waals surface area contributed by atoms with E-state index >= 15 is 0 Å². The Morgan fingerprint density at radius 2 is 1.83 bits per heavy atom. The van der Waals surface area contributed by atoms with Crippen LogP contribution >= 0.6 is 11.6 Å². The van der Waals surface area contributed by atoms with Crippen LogP contribution in [-0.4, -0.2) is 49.8 Å². The lowest BCUT2D eigenvalue weighted by Crippen LogP contribution is -2.26. The normalized spacial score (nSPS) is 12.0. The molecule has 0 aliphatic heterocycles. The zero-order valence-corrected chi connectivity index (χ0v) is 11.5. The van der Waals surface area contributed by atoms with E-state index in [1.54, 1.807) is 13.2 Å². The van der Waals surface area contributed by atoms with Gasteiger partial charge in [-0.2, -0.15) is 9.97 Å². The Bertz CT molecular complexity index is 337. The summed E-state index contributed by atoms with van der Waals surface area (Å²) in [5.41, 5.74) is 0. The second kappa shape index (κ2) is 7.94. The molecule has 7 heteroatoms. The third-order valence-corrected chi connectivity index (χ3v) is 2.47. The molecule has 0 bridgehead atoms. The summed E-state index contributed by atoms with van der Waals surface area (Å²) in [6.07, 6.45) is 0.748. The maximum Gasteiger partial charge on any atom is 0.229 e. The van der Waals surface area contributed by atoms with Crippen molar-refractivity contribution in [3.63, 3.8) is 0 Å². The number of hydrogen-bond donors (Lipinski definition) is 1. The molecule has 0 spiro atoms. The summed E-state index contributed by atoms with van der Waals surface area (Å²) < 4.78 is 15.2. The van der Waals surface area contributed by atoms with Gasteiger partial charge in [0.2, 0.25) is 17.7 Å². The number of hydrogen-bond acceptors (Lipinski definition) is 6. The first kappa shape index (κ1) is 14.8. The number of halogens is 1. The van der Waals surface area contributed by atoms with Crippen LogP contribution in [0.25, 0.3) is 0 Å². The molecule has 1 rings (SSSR count). The van der Waals surface area contributed by atoms with Gasteiger partial charge in [0.15, 0.2) is 0 Å². The first-order valence-corrected chi connectivity index (χ1v) is 6.05. The van der Waals surface area contributed by atoms with Gasteiger partial charge >= 0.3 is 0 Å². The topological polar surface area (TPSA) is 65.5 Å². The minimum Gasteiger partial charge on any atom is -0.481 e. The highest BCUT2D eigenvalue weighted by atomic mass is 35.5. The van der Waals surface area contributed by atoms with Crippen LogP contribution < -0.4 is 14.8 Å². The molecule has 0 aromatic carbocycles. The first-order valence-electron chi connectivity index (χ1n) is 5.52. The van der Waals surface area contributed by atoms with E-state index in [1.165, 1.54) is 14.2 Å². The van der Waals surface area contributed by atoms with Crippen molar-refractivity contribution in [1.29, 1.82) is 0 Å². The van der Waals surface area contributed by atoms with Gasteiger partial charge in [-0.3, -0.25) is 0 Å². The van der Waals surface area contributed by atoms with Gasteiger partial charge in [-0.05, 0) is 6.42 Å². The van der Waals surface area contributed by atoms with Gasteiger partial charge in [-0.1, -0.05) is 0 Å². The standard InChI is InChI=1S/C11H18ClN3O3/c1-16-7-8(4-5-12)13-11-14-9(17-2)6-10(15-11)18-3/h6,8H,4-5,7H2,1-3H3,(H,13,14,15). The predicted octanol–water partition coefficient (Wildman–Crippen LogP) is 1.55. The van der Waals surface area contributed by atoms with Gasteiger partial charge in [-0.25, -0.2) is 0 Å².